The first-order chi connectivity index (χ1) is 34.5. The number of thiol groups is 1. The Labute approximate surface area is 419 Å². The van der Waals surface area contributed by atoms with E-state index in [9.17, 15) is 5.11 Å². The molecule has 2 aliphatic carbocycles. The lowest BCUT2D eigenvalue weighted by Gasteiger charge is -2.40. The first-order valence-corrected chi connectivity index (χ1v) is 25.0. The fourth-order valence-electron chi connectivity index (χ4n) is 11.2. The van der Waals surface area contributed by atoms with Crippen LogP contribution in [0.3, 0.4) is 0 Å². The third kappa shape index (κ3) is 6.70. The second kappa shape index (κ2) is 18.4. The summed E-state index contributed by atoms with van der Waals surface area (Å²) in [5.41, 5.74) is 12.7. The molecule has 344 valence electrons. The highest BCUT2D eigenvalue weighted by molar-refractivity contribution is 7.90. The van der Waals surface area contributed by atoms with Gasteiger partial charge in [0, 0.05) is 45.6 Å². The molecule has 1 N–H and O–H groups in total. The van der Waals surface area contributed by atoms with Crippen molar-refractivity contribution in [1.82, 2.24) is 0 Å². The van der Waals surface area contributed by atoms with Gasteiger partial charge < -0.3 is 22.4 Å². The van der Waals surface area contributed by atoms with Crippen molar-refractivity contribution in [3.05, 3.63) is 251 Å². The van der Waals surface area contributed by atoms with Crippen molar-refractivity contribution in [2.45, 2.75) is 44.9 Å². The highest BCUT2D eigenvalue weighted by Gasteiger charge is 2.52. The molecule has 5 nitrogen and oxygen atoms in total. The zero-order chi connectivity index (χ0) is 48.0. The van der Waals surface area contributed by atoms with Crippen LogP contribution in [0.1, 0.15) is 78.6 Å². The highest BCUT2D eigenvalue weighted by atomic mass is 32.2. The Kier molecular flexibility index (Phi) is 11.8. The predicted octanol–water partition coefficient (Wildman–Crippen LogP) is 17.2. The van der Waals surface area contributed by atoms with Crippen molar-refractivity contribution < 1.29 is 22.4 Å². The summed E-state index contributed by atoms with van der Waals surface area (Å²) in [4.78, 5) is 0. The van der Waals surface area contributed by atoms with Crippen LogP contribution < -0.4 is 17.3 Å². The Bertz CT molecular complexity index is 3490. The zero-order valence-corrected chi connectivity index (χ0v) is 41.0. The molecule has 0 bridgehead atoms. The van der Waals surface area contributed by atoms with Gasteiger partial charge in [-0.25, -0.2) is 0 Å². The smallest absolute Gasteiger partial charge is 0.293 e. The van der Waals surface area contributed by atoms with Crippen LogP contribution in [0.5, 0.6) is 34.5 Å². The minimum absolute atomic E-state index is 0.231. The van der Waals surface area contributed by atoms with Crippen LogP contribution in [0.2, 0.25) is 0 Å². The van der Waals surface area contributed by atoms with Crippen molar-refractivity contribution >= 4 is 46.8 Å². The van der Waals surface area contributed by atoms with Crippen LogP contribution in [0.15, 0.2) is 206 Å². The van der Waals surface area contributed by atoms with E-state index >= 15 is 0 Å². The fourth-order valence-corrected chi connectivity index (χ4v) is 11.8. The molecular formula is C63H50O5S2. The van der Waals surface area contributed by atoms with E-state index in [1.165, 1.54) is 50.9 Å². The summed E-state index contributed by atoms with van der Waals surface area (Å²) in [6.07, 6.45) is 1.25. The topological polar surface area (TPSA) is 57.2 Å². The van der Waals surface area contributed by atoms with E-state index in [1.807, 2.05) is 62.4 Å². The van der Waals surface area contributed by atoms with Crippen molar-refractivity contribution in [3.63, 3.8) is 0 Å². The van der Waals surface area contributed by atoms with Crippen LogP contribution in [0.4, 0.5) is 0 Å². The number of aromatic hydroxyl groups is 1. The maximum Gasteiger partial charge on any atom is 0.293 e. The lowest BCUT2D eigenvalue weighted by Crippen LogP contribution is -2.32. The number of fused-ring (bicyclic) bond motifs is 16. The molecule has 0 amide bonds. The molecule has 13 rings (SSSR count). The van der Waals surface area contributed by atoms with Crippen LogP contribution in [-0.4, -0.2) is 5.11 Å². The van der Waals surface area contributed by atoms with Crippen LogP contribution in [0.25, 0.3) is 43.8 Å². The van der Waals surface area contributed by atoms with Gasteiger partial charge in [-0.1, -0.05) is 192 Å². The van der Waals surface area contributed by atoms with Gasteiger partial charge in [-0.05, 0) is 104 Å². The number of hydrogen-bond donors (Lipinski definition) is 2. The molecule has 3 aliphatic rings. The number of benzene rings is 10. The lowest BCUT2D eigenvalue weighted by molar-refractivity contribution is 0.447. The maximum absolute atomic E-state index is 10.3. The van der Waals surface area contributed by atoms with E-state index in [1.54, 1.807) is 12.1 Å². The van der Waals surface area contributed by atoms with Crippen LogP contribution >= 0.6 is 25.2 Å². The predicted molar refractivity (Wildman–Crippen MR) is 290 cm³/mol. The summed E-state index contributed by atoms with van der Waals surface area (Å²) < 4.78 is 25.5. The number of hydrogen-bond acceptors (Lipinski definition) is 7. The normalized spacial score (nSPS) is 13.4. The molecule has 0 radical (unpaired) electrons. The Balaban J connectivity index is 0.00000103. The molecule has 1 aliphatic heterocycles. The molecule has 0 saturated heterocycles. The Morgan fingerprint density at radius 2 is 0.843 bits per heavy atom. The van der Waals surface area contributed by atoms with Gasteiger partial charge in [-0.3, -0.25) is 0 Å². The number of phenolic OH excluding ortho intramolecular Hbond substituents is 1. The standard InChI is InChI=1S/C58H36O5S2.C3H8.C2H6/c59-37-27-23-35(24-28-37)57(47-17-5-1-11-39(47)40-12-2-6-18-48(40)57)36-25-29-38(30-26-36)62-65-63-54-22-10-16-46-44(54)32-34-52-56(46)60-55-45-15-9-21-53(61-64)43(45)31-33-51(55)58(52)49-19-7-3-13-41(49)42-14-4-8-20-50(42)58;1-3-2;1-2/h1-34,59,64H;3H2,1-2H3;1-2H3. The summed E-state index contributed by atoms with van der Waals surface area (Å²) in [6, 6.07) is 71.2. The first-order valence-electron chi connectivity index (χ1n) is 23.9. The number of rotatable bonds is 7. The zero-order valence-electron chi connectivity index (χ0n) is 39.3. The van der Waals surface area contributed by atoms with Gasteiger partial charge in [0.15, 0.2) is 0 Å². The van der Waals surface area contributed by atoms with Crippen LogP contribution in [-0.2, 0) is 10.8 Å². The summed E-state index contributed by atoms with van der Waals surface area (Å²) in [5, 5.41) is 14.0. The van der Waals surface area contributed by atoms with Gasteiger partial charge in [-0.2, -0.15) is 0 Å². The van der Waals surface area contributed by atoms with E-state index in [0.717, 1.165) is 67.6 Å². The Hall–Kier alpha value is -7.58. The first kappa shape index (κ1) is 44.9. The fraction of sp³-hybridized carbons (Fsp3) is 0.111. The summed E-state index contributed by atoms with van der Waals surface area (Å²) in [5.74, 6) is 3.75. The monoisotopic (exact) mass is 950 g/mol. The molecule has 0 fully saturated rings. The van der Waals surface area contributed by atoms with Gasteiger partial charge in [0.05, 0.1) is 10.8 Å². The van der Waals surface area contributed by atoms with E-state index in [-0.39, 0.29) is 5.75 Å². The SMILES string of the molecule is CC.CCC.Oc1ccc(C2(c3ccc(OSOc4cccc5c6c(ccc45)C4(c5ccccc5-c5ccccc54)c4ccc5c(OS)cccc5c4O6)cc3)c3ccccc3-c3ccccc32)cc1. The number of phenols is 1. The minimum Gasteiger partial charge on any atom is -0.508 e. The molecule has 0 atom stereocenters. The summed E-state index contributed by atoms with van der Waals surface area (Å²) in [7, 11) is 0. The minimum atomic E-state index is -0.652. The Morgan fingerprint density at radius 3 is 1.31 bits per heavy atom. The van der Waals surface area contributed by atoms with Crippen molar-refractivity contribution in [1.29, 1.82) is 0 Å². The average Bonchev–Trinajstić information content (AvgIpc) is 3.88. The van der Waals surface area contributed by atoms with Crippen molar-refractivity contribution in [2.24, 2.45) is 0 Å². The van der Waals surface area contributed by atoms with Crippen molar-refractivity contribution in [2.75, 3.05) is 0 Å². The van der Waals surface area contributed by atoms with Gasteiger partial charge in [-0.15, -0.1) is 0 Å². The Morgan fingerprint density at radius 1 is 0.429 bits per heavy atom. The third-order valence-electron chi connectivity index (χ3n) is 13.8. The molecule has 0 saturated carbocycles. The summed E-state index contributed by atoms with van der Waals surface area (Å²) >= 11 is 5.14. The molecule has 10 aromatic carbocycles. The molecule has 7 heteroatoms. The molecular weight excluding hydrogens is 901 g/mol. The van der Waals surface area contributed by atoms with Gasteiger partial charge in [0.2, 0.25) is 0 Å². The van der Waals surface area contributed by atoms with Crippen molar-refractivity contribution in [3.8, 4) is 56.8 Å². The van der Waals surface area contributed by atoms with E-state index < -0.39 is 10.8 Å². The number of ether oxygens (including phenoxy) is 1. The van der Waals surface area contributed by atoms with Gasteiger partial charge >= 0.3 is 0 Å². The van der Waals surface area contributed by atoms with Crippen LogP contribution in [0, 0.1) is 0 Å². The molecule has 1 heterocycles. The third-order valence-corrected chi connectivity index (χ3v) is 14.5. The van der Waals surface area contributed by atoms with E-state index in [0.29, 0.717) is 17.2 Å². The quantitative estimate of drug-likeness (QED) is 0.123. The average molecular weight is 951 g/mol. The summed E-state index contributed by atoms with van der Waals surface area (Å²) in [6.45, 7) is 8.25. The van der Waals surface area contributed by atoms with Gasteiger partial charge in [0.25, 0.3) is 12.3 Å². The molecule has 1 spiro atoms. The van der Waals surface area contributed by atoms with E-state index in [2.05, 4.69) is 172 Å². The molecule has 0 aromatic heterocycles. The second-order valence-electron chi connectivity index (χ2n) is 17.5. The molecule has 10 aromatic rings. The maximum atomic E-state index is 10.3. The molecule has 70 heavy (non-hydrogen) atoms. The lowest BCUT2D eigenvalue weighted by atomic mass is 9.65. The van der Waals surface area contributed by atoms with E-state index in [4.69, 9.17) is 17.3 Å². The highest BCUT2D eigenvalue weighted by Crippen LogP contribution is 2.64. The van der Waals surface area contributed by atoms with Gasteiger partial charge in [0.1, 0.15) is 34.5 Å². The largest absolute Gasteiger partial charge is 0.508 e. The molecule has 0 unspecified atom stereocenters. The second-order valence-corrected chi connectivity index (χ2v) is 18.1.